The zero-order valence-corrected chi connectivity index (χ0v) is 20.0. The van der Waals surface area contributed by atoms with Crippen molar-refractivity contribution in [2.45, 2.75) is 19.4 Å². The minimum Gasteiger partial charge on any atom is -0.497 e. The summed E-state index contributed by atoms with van der Waals surface area (Å²) in [5.74, 6) is 1.20. The van der Waals surface area contributed by atoms with Crippen LogP contribution < -0.4 is 30.3 Å². The average molecular weight is 475 g/mol. The summed E-state index contributed by atoms with van der Waals surface area (Å²) in [5.41, 5.74) is 3.53. The van der Waals surface area contributed by atoms with Gasteiger partial charge in [0.1, 0.15) is 11.5 Å². The number of hydrogen-bond donors (Lipinski definition) is 3. The van der Waals surface area contributed by atoms with E-state index in [0.29, 0.717) is 29.2 Å². The maximum atomic E-state index is 12.9. The van der Waals surface area contributed by atoms with Crippen LogP contribution >= 0.6 is 0 Å². The molecule has 1 aliphatic rings. The highest BCUT2D eigenvalue weighted by Crippen LogP contribution is 2.30. The van der Waals surface area contributed by atoms with E-state index in [9.17, 15) is 9.59 Å². The summed E-state index contributed by atoms with van der Waals surface area (Å²) >= 11 is 0. The minimum absolute atomic E-state index is 0.218. The fourth-order valence-corrected chi connectivity index (χ4v) is 4.02. The van der Waals surface area contributed by atoms with Gasteiger partial charge < -0.3 is 30.3 Å². The lowest BCUT2D eigenvalue weighted by Gasteiger charge is -2.22. The molecule has 1 saturated heterocycles. The third-order valence-corrected chi connectivity index (χ3v) is 5.89. The van der Waals surface area contributed by atoms with Gasteiger partial charge in [-0.2, -0.15) is 0 Å². The Morgan fingerprint density at radius 3 is 2.31 bits per heavy atom. The monoisotopic (exact) mass is 474 g/mol. The van der Waals surface area contributed by atoms with Crippen molar-refractivity contribution < 1.29 is 19.1 Å². The summed E-state index contributed by atoms with van der Waals surface area (Å²) in [6.07, 6.45) is 2.19. The minimum atomic E-state index is -0.394. The molecule has 3 N–H and O–H groups in total. The molecule has 0 bridgehead atoms. The van der Waals surface area contributed by atoms with Crippen LogP contribution in [0.3, 0.4) is 0 Å². The third kappa shape index (κ3) is 6.23. The van der Waals surface area contributed by atoms with Crippen LogP contribution in [0.1, 0.15) is 28.8 Å². The van der Waals surface area contributed by atoms with Crippen LogP contribution in [0.5, 0.6) is 11.5 Å². The molecule has 8 nitrogen and oxygen atoms in total. The molecule has 0 radical (unpaired) electrons. The number of carbonyl (C=O) groups excluding carboxylic acids is 2. The number of amides is 3. The first-order chi connectivity index (χ1) is 17.1. The summed E-state index contributed by atoms with van der Waals surface area (Å²) in [6, 6.07) is 19.7. The molecule has 1 aliphatic heterocycles. The van der Waals surface area contributed by atoms with Crippen LogP contribution in [0.15, 0.2) is 66.7 Å². The van der Waals surface area contributed by atoms with Crippen LogP contribution in [0.25, 0.3) is 0 Å². The van der Waals surface area contributed by atoms with E-state index in [0.717, 1.165) is 42.9 Å². The smallest absolute Gasteiger partial charge is 0.323 e. The van der Waals surface area contributed by atoms with Crippen LogP contribution in [0.4, 0.5) is 21.9 Å². The number of nitrogens with zero attached hydrogens (tertiary/aromatic N) is 1. The molecule has 8 heteroatoms. The maximum Gasteiger partial charge on any atom is 0.323 e. The van der Waals surface area contributed by atoms with Gasteiger partial charge >= 0.3 is 6.03 Å². The van der Waals surface area contributed by atoms with Crippen molar-refractivity contribution in [1.29, 1.82) is 0 Å². The largest absolute Gasteiger partial charge is 0.497 e. The highest BCUT2D eigenvalue weighted by Gasteiger charge is 2.19. The summed E-state index contributed by atoms with van der Waals surface area (Å²) in [4.78, 5) is 27.9. The van der Waals surface area contributed by atoms with Crippen LogP contribution in [-0.2, 0) is 6.54 Å². The molecule has 3 amide bonds. The normalized spacial score (nSPS) is 12.7. The first kappa shape index (κ1) is 23.9. The molecular formula is C27H30N4O4. The molecule has 0 unspecified atom stereocenters. The zero-order valence-electron chi connectivity index (χ0n) is 20.0. The Morgan fingerprint density at radius 2 is 1.60 bits per heavy atom. The van der Waals surface area contributed by atoms with Crippen molar-refractivity contribution >= 4 is 29.0 Å². The SMILES string of the molecule is COc1ccc(CNC(=O)c2ccc(N3CCCC3)c(NC(=O)Nc3cccc(OC)c3)c2)cc1. The standard InChI is InChI=1S/C27H30N4O4/c1-34-22-11-8-19(9-12-22)18-28-26(32)20-10-13-25(31-14-3-4-15-31)24(16-20)30-27(33)29-21-6-5-7-23(17-21)35-2/h5-13,16-17H,3-4,14-15,18H2,1-2H3,(H,28,32)(H2,29,30,33). The van der Waals surface area contributed by atoms with Gasteiger partial charge in [0.05, 0.1) is 25.6 Å². The van der Waals surface area contributed by atoms with Gasteiger partial charge in [0.2, 0.25) is 0 Å². The fraction of sp³-hybridized carbons (Fsp3) is 0.259. The van der Waals surface area contributed by atoms with Crippen LogP contribution in [0, 0.1) is 0 Å². The topological polar surface area (TPSA) is 91.9 Å². The van der Waals surface area contributed by atoms with Crippen LogP contribution in [0.2, 0.25) is 0 Å². The van der Waals surface area contributed by atoms with Crippen molar-refractivity contribution in [3.63, 3.8) is 0 Å². The number of benzene rings is 3. The third-order valence-electron chi connectivity index (χ3n) is 5.89. The molecule has 0 atom stereocenters. The van der Waals surface area contributed by atoms with Crippen molar-refractivity contribution in [2.24, 2.45) is 0 Å². The summed E-state index contributed by atoms with van der Waals surface area (Å²) in [6.45, 7) is 2.21. The second-order valence-corrected chi connectivity index (χ2v) is 8.27. The van der Waals surface area contributed by atoms with Crippen LogP contribution in [-0.4, -0.2) is 39.2 Å². The van der Waals surface area contributed by atoms with Crippen molar-refractivity contribution in [2.75, 3.05) is 42.8 Å². The molecule has 0 spiro atoms. The summed E-state index contributed by atoms with van der Waals surface area (Å²) in [5, 5.41) is 8.70. The molecule has 0 aliphatic carbocycles. The Kier molecular flexibility index (Phi) is 7.72. The number of carbonyl (C=O) groups is 2. The molecule has 0 aromatic heterocycles. The number of ether oxygens (including phenoxy) is 2. The Hall–Kier alpha value is -4.20. The molecule has 1 heterocycles. The van der Waals surface area contributed by atoms with E-state index < -0.39 is 6.03 Å². The number of rotatable bonds is 8. The van der Waals surface area contributed by atoms with E-state index in [1.165, 1.54) is 0 Å². The summed E-state index contributed by atoms with van der Waals surface area (Å²) < 4.78 is 10.4. The number of methoxy groups -OCH3 is 2. The molecule has 0 saturated carbocycles. The van der Waals surface area contributed by atoms with Crippen molar-refractivity contribution in [3.05, 3.63) is 77.9 Å². The lowest BCUT2D eigenvalue weighted by atomic mass is 10.1. The van der Waals surface area contributed by atoms with E-state index in [-0.39, 0.29) is 5.91 Å². The molecule has 3 aromatic rings. The van der Waals surface area contributed by atoms with E-state index in [1.807, 2.05) is 36.4 Å². The Balaban J connectivity index is 1.48. The van der Waals surface area contributed by atoms with Gasteiger partial charge in [-0.25, -0.2) is 4.79 Å². The quantitative estimate of drug-likeness (QED) is 0.433. The first-order valence-electron chi connectivity index (χ1n) is 11.6. The maximum absolute atomic E-state index is 12.9. The lowest BCUT2D eigenvalue weighted by Crippen LogP contribution is -2.26. The number of hydrogen-bond acceptors (Lipinski definition) is 5. The van der Waals surface area contributed by atoms with E-state index in [1.54, 1.807) is 44.6 Å². The molecule has 35 heavy (non-hydrogen) atoms. The van der Waals surface area contributed by atoms with Gasteiger partial charge in [0.25, 0.3) is 5.91 Å². The lowest BCUT2D eigenvalue weighted by molar-refractivity contribution is 0.0951. The van der Waals surface area contributed by atoms with Gasteiger partial charge in [0.15, 0.2) is 0 Å². The zero-order chi connectivity index (χ0) is 24.6. The predicted octanol–water partition coefficient (Wildman–Crippen LogP) is 4.88. The van der Waals surface area contributed by atoms with Gasteiger partial charge in [0, 0.05) is 37.0 Å². The Morgan fingerprint density at radius 1 is 0.857 bits per heavy atom. The fourth-order valence-electron chi connectivity index (χ4n) is 4.02. The Labute approximate surface area is 205 Å². The second kappa shape index (κ2) is 11.3. The van der Waals surface area contributed by atoms with E-state index in [4.69, 9.17) is 9.47 Å². The van der Waals surface area contributed by atoms with E-state index in [2.05, 4.69) is 20.9 Å². The van der Waals surface area contributed by atoms with Gasteiger partial charge in [-0.3, -0.25) is 4.79 Å². The van der Waals surface area contributed by atoms with E-state index >= 15 is 0 Å². The number of anilines is 3. The molecule has 182 valence electrons. The van der Waals surface area contributed by atoms with Crippen molar-refractivity contribution in [1.82, 2.24) is 5.32 Å². The molecule has 3 aromatic carbocycles. The molecular weight excluding hydrogens is 444 g/mol. The summed E-state index contributed by atoms with van der Waals surface area (Å²) in [7, 11) is 3.19. The van der Waals surface area contributed by atoms with Gasteiger partial charge in [-0.15, -0.1) is 0 Å². The van der Waals surface area contributed by atoms with Crippen molar-refractivity contribution in [3.8, 4) is 11.5 Å². The average Bonchev–Trinajstić information content (AvgIpc) is 3.42. The van der Waals surface area contributed by atoms with Gasteiger partial charge in [-0.05, 0) is 60.9 Å². The van der Waals surface area contributed by atoms with Gasteiger partial charge in [-0.1, -0.05) is 18.2 Å². The highest BCUT2D eigenvalue weighted by atomic mass is 16.5. The second-order valence-electron chi connectivity index (χ2n) is 8.27. The first-order valence-corrected chi connectivity index (χ1v) is 11.6. The molecule has 1 fully saturated rings. The molecule has 4 rings (SSSR count). The Bertz CT molecular complexity index is 1170. The predicted molar refractivity (Wildman–Crippen MR) is 138 cm³/mol. The number of nitrogens with one attached hydrogen (secondary N) is 3. The highest BCUT2D eigenvalue weighted by molar-refractivity contribution is 6.04. The number of urea groups is 1.